The number of benzene rings is 1. The molecule has 3 amide bonds. The molecule has 0 radical (unpaired) electrons. The van der Waals surface area contributed by atoms with Crippen LogP contribution in [0.4, 0.5) is 10.6 Å². The Morgan fingerprint density at radius 3 is 2.47 bits per heavy atom. The van der Waals surface area contributed by atoms with Crippen LogP contribution in [0, 0.1) is 5.92 Å². The van der Waals surface area contributed by atoms with Gasteiger partial charge in [0.15, 0.2) is 4.90 Å². The van der Waals surface area contributed by atoms with Crippen molar-refractivity contribution in [1.82, 2.24) is 19.7 Å². The molecular weight excluding hydrogens is 498 g/mol. The third-order valence-electron chi connectivity index (χ3n) is 9.07. The van der Waals surface area contributed by atoms with Crippen molar-refractivity contribution in [1.29, 1.82) is 0 Å². The van der Waals surface area contributed by atoms with Crippen LogP contribution in [0.5, 0.6) is 0 Å². The Morgan fingerprint density at radius 2 is 1.87 bits per heavy atom. The van der Waals surface area contributed by atoms with Crippen LogP contribution in [0.25, 0.3) is 0 Å². The van der Waals surface area contributed by atoms with Crippen LogP contribution in [-0.2, 0) is 21.5 Å². The quantitative estimate of drug-likeness (QED) is 0.513. The first-order valence-corrected chi connectivity index (χ1v) is 15.2. The molecule has 1 aromatic heterocycles. The molecule has 204 valence electrons. The molecule has 3 aliphatic rings. The lowest BCUT2D eigenvalue weighted by Crippen LogP contribution is -2.56. The second-order valence-electron chi connectivity index (χ2n) is 11.4. The number of nitrogens with zero attached hydrogens (tertiary/aromatic N) is 4. The van der Waals surface area contributed by atoms with E-state index in [1.807, 2.05) is 0 Å². The molecule has 1 aliphatic heterocycles. The molecule has 1 atom stereocenters. The molecule has 5 rings (SSSR count). The zero-order chi connectivity index (χ0) is 26.9. The number of anilines is 1. The number of amides is 3. The maximum Gasteiger partial charge on any atom is 0.321 e. The minimum atomic E-state index is -1.17. The van der Waals surface area contributed by atoms with Crippen LogP contribution in [0.3, 0.4) is 0 Å². The first kappa shape index (κ1) is 27.0. The van der Waals surface area contributed by atoms with E-state index >= 15 is 0 Å². The molecule has 2 aromatic rings. The fourth-order valence-corrected chi connectivity index (χ4v) is 7.05. The van der Waals surface area contributed by atoms with E-state index in [1.54, 1.807) is 23.3 Å². The van der Waals surface area contributed by atoms with Crippen molar-refractivity contribution in [3.8, 4) is 0 Å². The Kier molecular flexibility index (Phi) is 7.71. The number of hydrogen-bond donors (Lipinski definition) is 1. The lowest BCUT2D eigenvalue weighted by Gasteiger charge is -2.51. The second-order valence-corrected chi connectivity index (χ2v) is 12.8. The summed E-state index contributed by atoms with van der Waals surface area (Å²) in [5.41, 5.74) is 1.02. The maximum atomic E-state index is 13.8. The molecule has 2 aliphatic carbocycles. The zero-order valence-electron chi connectivity index (χ0n) is 22.7. The SMILES string of the molecule is CN(C)C1(c2ccccc2)CCC2(CC1)CN(CC(=O)Nc1cc([S+](C)[O-])ccn1)C(=O)N2CC1CCC1. The van der Waals surface area contributed by atoms with Crippen molar-refractivity contribution in [2.75, 3.05) is 45.3 Å². The highest BCUT2D eigenvalue weighted by Gasteiger charge is 2.55. The molecule has 38 heavy (non-hydrogen) atoms. The first-order valence-electron chi connectivity index (χ1n) is 13.6. The van der Waals surface area contributed by atoms with Crippen LogP contribution in [-0.4, -0.2) is 81.7 Å². The normalized spacial score (nSPS) is 26.6. The average molecular weight is 538 g/mol. The van der Waals surface area contributed by atoms with E-state index in [-0.39, 0.29) is 29.6 Å². The summed E-state index contributed by atoms with van der Waals surface area (Å²) in [6, 6.07) is 14.0. The van der Waals surface area contributed by atoms with Crippen LogP contribution in [0.2, 0.25) is 0 Å². The van der Waals surface area contributed by atoms with E-state index in [2.05, 4.69) is 64.5 Å². The molecule has 1 unspecified atom stereocenters. The molecule has 0 bridgehead atoms. The van der Waals surface area contributed by atoms with Gasteiger partial charge in [0, 0.05) is 37.0 Å². The Bertz CT molecular complexity index is 1150. The number of carbonyl (C=O) groups excluding carboxylic acids is 2. The molecular formula is C29H39N5O3S. The highest BCUT2D eigenvalue weighted by atomic mass is 32.2. The molecule has 2 saturated carbocycles. The largest absolute Gasteiger partial charge is 0.612 e. The van der Waals surface area contributed by atoms with E-state index < -0.39 is 11.2 Å². The van der Waals surface area contributed by atoms with Crippen molar-refractivity contribution in [3.05, 3.63) is 54.2 Å². The number of carbonyl (C=O) groups is 2. The summed E-state index contributed by atoms with van der Waals surface area (Å²) in [7, 11) is 4.31. The molecule has 1 aromatic carbocycles. The van der Waals surface area contributed by atoms with Crippen LogP contribution < -0.4 is 5.32 Å². The minimum Gasteiger partial charge on any atom is -0.612 e. The van der Waals surface area contributed by atoms with E-state index in [0.717, 1.165) is 32.2 Å². The smallest absolute Gasteiger partial charge is 0.321 e. The number of hydrogen-bond acceptors (Lipinski definition) is 5. The number of pyridine rings is 1. The maximum absolute atomic E-state index is 13.8. The van der Waals surface area contributed by atoms with Crippen molar-refractivity contribution in [2.24, 2.45) is 5.92 Å². The van der Waals surface area contributed by atoms with Gasteiger partial charge in [-0.05, 0) is 75.3 Å². The first-order chi connectivity index (χ1) is 18.2. The van der Waals surface area contributed by atoms with E-state index in [9.17, 15) is 14.1 Å². The van der Waals surface area contributed by atoms with Gasteiger partial charge in [0.1, 0.15) is 18.6 Å². The summed E-state index contributed by atoms with van der Waals surface area (Å²) < 4.78 is 11.8. The standard InChI is InChI=1S/C29H39N5O3S/c1-32(2)29(23-10-5-4-6-11-23)15-13-28(14-16-29)21-33(27(36)34(28)19-22-8-7-9-22)20-26(35)31-25-18-24(38(3)37)12-17-30-25/h4-6,10-12,17-18,22H,7-9,13-16,19-21H2,1-3H3,(H,30,31,35). The summed E-state index contributed by atoms with van der Waals surface area (Å²) in [6.45, 7) is 1.33. The van der Waals surface area contributed by atoms with Gasteiger partial charge < -0.3 is 19.7 Å². The molecule has 3 fully saturated rings. The number of urea groups is 1. The summed E-state index contributed by atoms with van der Waals surface area (Å²) in [6.07, 6.45) is 10.4. The minimum absolute atomic E-state index is 0.0135. The van der Waals surface area contributed by atoms with Crippen LogP contribution >= 0.6 is 0 Å². The summed E-state index contributed by atoms with van der Waals surface area (Å²) in [4.78, 5) is 37.7. The van der Waals surface area contributed by atoms with Gasteiger partial charge >= 0.3 is 6.03 Å². The molecule has 1 spiro atoms. The highest BCUT2D eigenvalue weighted by Crippen LogP contribution is 2.49. The Morgan fingerprint density at radius 1 is 1.16 bits per heavy atom. The van der Waals surface area contributed by atoms with Gasteiger partial charge in [-0.15, -0.1) is 0 Å². The molecule has 2 heterocycles. The lowest BCUT2D eigenvalue weighted by atomic mass is 9.68. The van der Waals surface area contributed by atoms with Gasteiger partial charge in [0.25, 0.3) is 0 Å². The summed E-state index contributed by atoms with van der Waals surface area (Å²) in [5, 5.41) is 2.80. The number of nitrogens with one attached hydrogen (secondary N) is 1. The average Bonchev–Trinajstić information content (AvgIpc) is 3.12. The third kappa shape index (κ3) is 5.16. The summed E-state index contributed by atoms with van der Waals surface area (Å²) in [5.74, 6) is 0.626. The van der Waals surface area contributed by atoms with Crippen molar-refractivity contribution in [3.63, 3.8) is 0 Å². The van der Waals surface area contributed by atoms with Gasteiger partial charge in [0.2, 0.25) is 5.91 Å². The second kappa shape index (κ2) is 10.9. The van der Waals surface area contributed by atoms with Gasteiger partial charge in [-0.25, -0.2) is 9.78 Å². The van der Waals surface area contributed by atoms with Gasteiger partial charge in [-0.1, -0.05) is 36.8 Å². The van der Waals surface area contributed by atoms with E-state index in [0.29, 0.717) is 23.2 Å². The fourth-order valence-electron chi connectivity index (χ4n) is 6.52. The van der Waals surface area contributed by atoms with Crippen LogP contribution in [0.15, 0.2) is 53.6 Å². The molecule has 9 heteroatoms. The molecule has 8 nitrogen and oxygen atoms in total. The van der Waals surface area contributed by atoms with Crippen molar-refractivity contribution in [2.45, 2.75) is 60.9 Å². The molecule has 1 saturated heterocycles. The molecule has 1 N–H and O–H groups in total. The monoisotopic (exact) mass is 537 g/mol. The van der Waals surface area contributed by atoms with Crippen molar-refractivity contribution >= 4 is 28.9 Å². The Hall–Kier alpha value is -2.62. The van der Waals surface area contributed by atoms with E-state index in [4.69, 9.17) is 0 Å². The number of aromatic nitrogens is 1. The van der Waals surface area contributed by atoms with Gasteiger partial charge in [-0.3, -0.25) is 9.69 Å². The topological polar surface area (TPSA) is 91.8 Å². The Balaban J connectivity index is 1.33. The Labute approximate surface area is 229 Å². The number of rotatable bonds is 8. The predicted octanol–water partition coefficient (Wildman–Crippen LogP) is 4.07. The lowest BCUT2D eigenvalue weighted by molar-refractivity contribution is -0.116. The van der Waals surface area contributed by atoms with Crippen LogP contribution in [0.1, 0.15) is 50.5 Å². The third-order valence-corrected chi connectivity index (χ3v) is 9.98. The summed E-state index contributed by atoms with van der Waals surface area (Å²) >= 11 is -1.17. The van der Waals surface area contributed by atoms with Gasteiger partial charge in [0.05, 0.1) is 5.54 Å². The zero-order valence-corrected chi connectivity index (χ0v) is 23.5. The predicted molar refractivity (Wildman–Crippen MR) is 149 cm³/mol. The van der Waals surface area contributed by atoms with Gasteiger partial charge in [-0.2, -0.15) is 0 Å². The van der Waals surface area contributed by atoms with E-state index in [1.165, 1.54) is 31.0 Å². The highest BCUT2D eigenvalue weighted by molar-refractivity contribution is 7.90. The fraction of sp³-hybridized carbons (Fsp3) is 0.552. The van der Waals surface area contributed by atoms with Crippen molar-refractivity contribution < 1.29 is 14.1 Å².